The third kappa shape index (κ3) is 3.26. The van der Waals surface area contributed by atoms with E-state index in [0.717, 1.165) is 30.2 Å². The first kappa shape index (κ1) is 13.9. The van der Waals surface area contributed by atoms with Gasteiger partial charge in [0, 0.05) is 16.0 Å². The van der Waals surface area contributed by atoms with Gasteiger partial charge >= 0.3 is 0 Å². The van der Waals surface area contributed by atoms with Crippen molar-refractivity contribution in [1.29, 1.82) is 0 Å². The van der Waals surface area contributed by atoms with E-state index in [1.165, 1.54) is 0 Å². The average molecular weight is 326 g/mol. The lowest BCUT2D eigenvalue weighted by molar-refractivity contribution is -0.119. The zero-order valence-corrected chi connectivity index (χ0v) is 12.0. The Morgan fingerprint density at radius 2 is 2.11 bits per heavy atom. The number of carbonyl (C=O) groups is 1. The molecule has 0 heterocycles. The van der Waals surface area contributed by atoms with E-state index in [1.807, 2.05) is 0 Å². The van der Waals surface area contributed by atoms with Gasteiger partial charge in [-0.3, -0.25) is 4.79 Å². The van der Waals surface area contributed by atoms with E-state index in [0.29, 0.717) is 11.3 Å². The monoisotopic (exact) mass is 325 g/mol. The van der Waals surface area contributed by atoms with Crippen LogP contribution in [0.3, 0.4) is 0 Å². The summed E-state index contributed by atoms with van der Waals surface area (Å²) in [6.07, 6.45) is 4.06. The minimum atomic E-state index is -0.0192. The van der Waals surface area contributed by atoms with E-state index in [-0.39, 0.29) is 17.7 Å². The Hall–Kier alpha value is -1.56. The highest BCUT2D eigenvalue weighted by Crippen LogP contribution is 2.27. The maximum atomic E-state index is 12.1. The molecule has 0 bridgehead atoms. The summed E-state index contributed by atoms with van der Waals surface area (Å²) in [6, 6.07) is 5.22. The Kier molecular flexibility index (Phi) is 4.42. The lowest BCUT2D eigenvalue weighted by Gasteiger charge is -2.13. The fourth-order valence-corrected chi connectivity index (χ4v) is 2.68. The van der Waals surface area contributed by atoms with E-state index >= 15 is 0 Å². The molecule has 6 heteroatoms. The predicted molar refractivity (Wildman–Crippen MR) is 77.2 cm³/mol. The highest BCUT2D eigenvalue weighted by molar-refractivity contribution is 9.10. The molecular formula is C13H16BrN3O2. The Bertz CT molecular complexity index is 511. The number of oxime groups is 1. The van der Waals surface area contributed by atoms with Crippen LogP contribution < -0.4 is 11.1 Å². The molecule has 1 amide bonds. The third-order valence-electron chi connectivity index (χ3n) is 3.35. The maximum absolute atomic E-state index is 12.1. The average Bonchev–Trinajstić information content (AvgIpc) is 2.92. The number of nitrogens with zero attached hydrogens (tertiary/aromatic N) is 1. The summed E-state index contributed by atoms with van der Waals surface area (Å²) in [6.45, 7) is 0. The zero-order chi connectivity index (χ0) is 13.8. The standard InChI is InChI=1S/C13H16BrN3O2/c14-9-5-6-10(12(15)17-19)11(7-9)16-13(18)8-3-1-2-4-8/h5-8,19H,1-4H2,(H2,15,17)(H,16,18). The lowest BCUT2D eigenvalue weighted by Crippen LogP contribution is -2.23. The molecule has 0 atom stereocenters. The molecule has 5 nitrogen and oxygen atoms in total. The molecule has 0 aliphatic heterocycles. The zero-order valence-electron chi connectivity index (χ0n) is 10.4. The number of nitrogens with two attached hydrogens (primary N) is 1. The van der Waals surface area contributed by atoms with Crippen molar-refractivity contribution in [2.24, 2.45) is 16.8 Å². The fraction of sp³-hybridized carbons (Fsp3) is 0.385. The van der Waals surface area contributed by atoms with Crippen molar-refractivity contribution in [1.82, 2.24) is 0 Å². The summed E-state index contributed by atoms with van der Waals surface area (Å²) in [5, 5.41) is 14.6. The van der Waals surface area contributed by atoms with Crippen molar-refractivity contribution in [3.63, 3.8) is 0 Å². The van der Waals surface area contributed by atoms with E-state index in [4.69, 9.17) is 10.9 Å². The molecule has 1 aliphatic carbocycles. The van der Waals surface area contributed by atoms with Crippen LogP contribution in [0.4, 0.5) is 5.69 Å². The molecule has 4 N–H and O–H groups in total. The van der Waals surface area contributed by atoms with Gasteiger partial charge in [0.25, 0.3) is 0 Å². The number of rotatable bonds is 3. The van der Waals surface area contributed by atoms with Gasteiger partial charge in [0.15, 0.2) is 5.84 Å². The number of amidine groups is 1. The fourth-order valence-electron chi connectivity index (χ4n) is 2.32. The second-order valence-corrected chi connectivity index (χ2v) is 5.56. The summed E-state index contributed by atoms with van der Waals surface area (Å²) >= 11 is 3.35. The summed E-state index contributed by atoms with van der Waals surface area (Å²) in [7, 11) is 0. The number of halogens is 1. The van der Waals surface area contributed by atoms with Gasteiger partial charge in [0.1, 0.15) is 0 Å². The van der Waals surface area contributed by atoms with Gasteiger partial charge < -0.3 is 16.3 Å². The number of hydrogen-bond acceptors (Lipinski definition) is 3. The molecule has 0 unspecified atom stereocenters. The van der Waals surface area contributed by atoms with E-state index < -0.39 is 0 Å². The smallest absolute Gasteiger partial charge is 0.227 e. The van der Waals surface area contributed by atoms with Gasteiger partial charge in [-0.25, -0.2) is 0 Å². The molecule has 0 radical (unpaired) electrons. The van der Waals surface area contributed by atoms with Crippen LogP contribution in [0.1, 0.15) is 31.2 Å². The molecule has 2 rings (SSSR count). The molecule has 102 valence electrons. The van der Waals surface area contributed by atoms with E-state index in [9.17, 15) is 4.79 Å². The normalized spacial score (nSPS) is 16.6. The molecule has 1 aliphatic rings. The Labute approximate surface area is 120 Å². The van der Waals surface area contributed by atoms with Crippen LogP contribution in [0.5, 0.6) is 0 Å². The van der Waals surface area contributed by atoms with Crippen molar-refractivity contribution >= 4 is 33.4 Å². The quantitative estimate of drug-likeness (QED) is 0.345. The number of benzene rings is 1. The molecule has 1 saturated carbocycles. The van der Waals surface area contributed by atoms with Crippen LogP contribution in [0.15, 0.2) is 27.8 Å². The van der Waals surface area contributed by atoms with Gasteiger partial charge in [-0.1, -0.05) is 33.9 Å². The van der Waals surface area contributed by atoms with Gasteiger partial charge in [-0.15, -0.1) is 0 Å². The van der Waals surface area contributed by atoms with Gasteiger partial charge in [-0.05, 0) is 31.0 Å². The number of amides is 1. The Morgan fingerprint density at radius 3 is 2.74 bits per heavy atom. The van der Waals surface area contributed by atoms with Crippen LogP contribution >= 0.6 is 15.9 Å². The molecule has 19 heavy (non-hydrogen) atoms. The van der Waals surface area contributed by atoms with Crippen molar-refractivity contribution in [2.45, 2.75) is 25.7 Å². The highest BCUT2D eigenvalue weighted by Gasteiger charge is 2.23. The van der Waals surface area contributed by atoms with Crippen molar-refractivity contribution in [2.75, 3.05) is 5.32 Å². The molecule has 1 fully saturated rings. The first-order valence-electron chi connectivity index (χ1n) is 6.20. The van der Waals surface area contributed by atoms with Crippen molar-refractivity contribution in [3.8, 4) is 0 Å². The summed E-state index contributed by atoms with van der Waals surface area (Å²) in [5.41, 5.74) is 6.68. The van der Waals surface area contributed by atoms with Gasteiger partial charge in [0.2, 0.25) is 5.91 Å². The SMILES string of the molecule is N/C(=N/O)c1ccc(Br)cc1NC(=O)C1CCCC1. The van der Waals surface area contributed by atoms with E-state index in [2.05, 4.69) is 26.4 Å². The van der Waals surface area contributed by atoms with Crippen LogP contribution in [0, 0.1) is 5.92 Å². The predicted octanol–water partition coefficient (Wildman–Crippen LogP) is 2.67. The highest BCUT2D eigenvalue weighted by atomic mass is 79.9. The number of nitrogens with one attached hydrogen (secondary N) is 1. The maximum Gasteiger partial charge on any atom is 0.227 e. The molecule has 1 aromatic rings. The van der Waals surface area contributed by atoms with Gasteiger partial charge in [-0.2, -0.15) is 0 Å². The molecule has 0 aromatic heterocycles. The van der Waals surface area contributed by atoms with Crippen molar-refractivity contribution < 1.29 is 10.0 Å². The summed E-state index contributed by atoms with van der Waals surface area (Å²) in [5.74, 6) is 0.0518. The van der Waals surface area contributed by atoms with Crippen LogP contribution in [-0.4, -0.2) is 17.0 Å². The molecule has 1 aromatic carbocycles. The first-order valence-corrected chi connectivity index (χ1v) is 6.99. The molecule has 0 saturated heterocycles. The van der Waals surface area contributed by atoms with Gasteiger partial charge in [0.05, 0.1) is 5.69 Å². The minimum Gasteiger partial charge on any atom is -0.409 e. The van der Waals surface area contributed by atoms with Crippen LogP contribution in [0.2, 0.25) is 0 Å². The second-order valence-electron chi connectivity index (χ2n) is 4.65. The first-order chi connectivity index (χ1) is 9.11. The number of anilines is 1. The minimum absolute atomic E-state index is 0.00240. The van der Waals surface area contributed by atoms with Crippen LogP contribution in [-0.2, 0) is 4.79 Å². The summed E-state index contributed by atoms with van der Waals surface area (Å²) in [4.78, 5) is 12.1. The number of carbonyl (C=O) groups excluding carboxylic acids is 1. The van der Waals surface area contributed by atoms with Crippen molar-refractivity contribution in [3.05, 3.63) is 28.2 Å². The lowest BCUT2D eigenvalue weighted by atomic mass is 10.1. The summed E-state index contributed by atoms with van der Waals surface area (Å²) < 4.78 is 0.823. The second kappa shape index (κ2) is 6.06. The molecular weight excluding hydrogens is 310 g/mol. The topological polar surface area (TPSA) is 87.7 Å². The van der Waals surface area contributed by atoms with E-state index in [1.54, 1.807) is 18.2 Å². The largest absolute Gasteiger partial charge is 0.409 e. The Balaban J connectivity index is 2.22. The third-order valence-corrected chi connectivity index (χ3v) is 3.84. The number of hydrogen-bond donors (Lipinski definition) is 3. The Morgan fingerprint density at radius 1 is 1.42 bits per heavy atom. The van der Waals surface area contributed by atoms with Crippen LogP contribution in [0.25, 0.3) is 0 Å². The molecule has 0 spiro atoms.